The summed E-state index contributed by atoms with van der Waals surface area (Å²) in [5.41, 5.74) is 2.41. The van der Waals surface area contributed by atoms with Gasteiger partial charge in [0.05, 0.1) is 36.4 Å². The third-order valence-corrected chi connectivity index (χ3v) is 6.45. The van der Waals surface area contributed by atoms with E-state index in [1.165, 1.54) is 24.1 Å². The van der Waals surface area contributed by atoms with Crippen LogP contribution in [0, 0.1) is 0 Å². The highest BCUT2D eigenvalue weighted by atomic mass is 32.1. The van der Waals surface area contributed by atoms with Crippen LogP contribution in [0.3, 0.4) is 0 Å². The number of ether oxygens (including phenoxy) is 3. The van der Waals surface area contributed by atoms with E-state index in [-0.39, 0.29) is 11.5 Å². The topological polar surface area (TPSA) is 107 Å². The molecule has 0 saturated heterocycles. The van der Waals surface area contributed by atoms with Gasteiger partial charge in [-0.05, 0) is 53.4 Å². The summed E-state index contributed by atoms with van der Waals surface area (Å²) in [4.78, 5) is 37.8. The van der Waals surface area contributed by atoms with Gasteiger partial charge in [0, 0.05) is 19.0 Å². The number of thiophene rings is 1. The highest BCUT2D eigenvalue weighted by molar-refractivity contribution is 7.12. The van der Waals surface area contributed by atoms with Gasteiger partial charge in [0.15, 0.2) is 18.1 Å². The van der Waals surface area contributed by atoms with E-state index in [0.717, 1.165) is 16.2 Å². The number of anilines is 1. The number of nitrogens with one attached hydrogen (secondary N) is 1. The van der Waals surface area contributed by atoms with Crippen LogP contribution >= 0.6 is 11.3 Å². The van der Waals surface area contributed by atoms with Gasteiger partial charge in [-0.1, -0.05) is 12.1 Å². The molecule has 186 valence electrons. The average Bonchev–Trinajstić information content (AvgIpc) is 3.57. The maximum absolute atomic E-state index is 13.2. The van der Waals surface area contributed by atoms with Crippen LogP contribution < -0.4 is 14.8 Å². The zero-order chi connectivity index (χ0) is 25.7. The van der Waals surface area contributed by atoms with Gasteiger partial charge >= 0.3 is 5.97 Å². The molecule has 1 aliphatic rings. The van der Waals surface area contributed by atoms with Crippen molar-refractivity contribution < 1.29 is 28.6 Å². The van der Waals surface area contributed by atoms with Crippen LogP contribution in [-0.2, 0) is 14.3 Å². The van der Waals surface area contributed by atoms with Crippen molar-refractivity contribution in [2.24, 2.45) is 5.10 Å². The number of hydrogen-bond donors (Lipinski definition) is 1. The molecule has 0 aliphatic carbocycles. The second kappa shape index (κ2) is 11.0. The van der Waals surface area contributed by atoms with Crippen LogP contribution in [-0.4, -0.2) is 49.3 Å². The molecule has 0 bridgehead atoms. The van der Waals surface area contributed by atoms with Crippen LogP contribution in [0.1, 0.15) is 40.2 Å². The number of amides is 2. The van der Waals surface area contributed by atoms with E-state index in [1.807, 2.05) is 29.6 Å². The zero-order valence-electron chi connectivity index (χ0n) is 20.0. The Morgan fingerprint density at radius 1 is 1.06 bits per heavy atom. The molecule has 4 rings (SSSR count). The Bertz CT molecular complexity index is 1290. The zero-order valence-corrected chi connectivity index (χ0v) is 20.8. The monoisotopic (exact) mass is 507 g/mol. The van der Waals surface area contributed by atoms with E-state index in [9.17, 15) is 14.4 Å². The summed E-state index contributed by atoms with van der Waals surface area (Å²) < 4.78 is 16.0. The molecule has 3 aromatic rings. The second-order valence-electron chi connectivity index (χ2n) is 7.93. The summed E-state index contributed by atoms with van der Waals surface area (Å²) >= 11 is 1.54. The van der Waals surface area contributed by atoms with E-state index >= 15 is 0 Å². The SMILES string of the molecule is COc1ccc([C@H]2CC(c3cccs3)=NN2C(=O)COC(=O)c2ccc(NC(C)=O)cc2)cc1OC. The molecule has 36 heavy (non-hydrogen) atoms. The molecule has 2 amide bonds. The maximum atomic E-state index is 13.2. The van der Waals surface area contributed by atoms with Crippen LogP contribution in [0.2, 0.25) is 0 Å². The number of methoxy groups -OCH3 is 2. The van der Waals surface area contributed by atoms with Gasteiger partial charge < -0.3 is 19.5 Å². The standard InChI is InChI=1S/C26H25N3O6S/c1-16(30)27-19-9-6-17(7-10-19)26(32)35-15-25(31)29-21(14-20(28-29)24-5-4-12-36-24)18-8-11-22(33-2)23(13-18)34-3/h4-13,21H,14-15H2,1-3H3,(H,27,30)/t21-/m1/s1. The van der Waals surface area contributed by atoms with Crippen molar-refractivity contribution in [2.75, 3.05) is 26.1 Å². The molecule has 1 N–H and O–H groups in total. The Labute approximate surface area is 212 Å². The molecule has 9 nitrogen and oxygen atoms in total. The number of hydrogen-bond acceptors (Lipinski definition) is 8. The van der Waals surface area contributed by atoms with E-state index in [2.05, 4.69) is 10.4 Å². The third-order valence-electron chi connectivity index (χ3n) is 5.53. The number of esters is 1. The quantitative estimate of drug-likeness (QED) is 0.457. The van der Waals surface area contributed by atoms with E-state index in [4.69, 9.17) is 14.2 Å². The number of hydrazone groups is 1. The molecule has 2 heterocycles. The Kier molecular flexibility index (Phi) is 7.65. The van der Waals surface area contributed by atoms with Crippen molar-refractivity contribution in [3.05, 3.63) is 76.0 Å². The van der Waals surface area contributed by atoms with Crippen LogP contribution in [0.4, 0.5) is 5.69 Å². The Morgan fingerprint density at radius 3 is 2.44 bits per heavy atom. The first-order valence-electron chi connectivity index (χ1n) is 11.1. The Balaban J connectivity index is 1.51. The van der Waals surface area contributed by atoms with Gasteiger partial charge in [-0.15, -0.1) is 11.3 Å². The minimum atomic E-state index is -0.651. The summed E-state index contributed by atoms with van der Waals surface area (Å²) in [5, 5.41) is 10.5. The largest absolute Gasteiger partial charge is 0.493 e. The molecular weight excluding hydrogens is 482 g/mol. The van der Waals surface area contributed by atoms with Gasteiger partial charge in [-0.2, -0.15) is 5.10 Å². The molecule has 1 atom stereocenters. The smallest absolute Gasteiger partial charge is 0.338 e. The lowest BCUT2D eigenvalue weighted by atomic mass is 10.0. The first-order valence-corrected chi connectivity index (χ1v) is 12.0. The average molecular weight is 508 g/mol. The number of rotatable bonds is 8. The van der Waals surface area contributed by atoms with Gasteiger partial charge in [-0.3, -0.25) is 9.59 Å². The maximum Gasteiger partial charge on any atom is 0.338 e. The van der Waals surface area contributed by atoms with Crippen LogP contribution in [0.5, 0.6) is 11.5 Å². The van der Waals surface area contributed by atoms with Crippen molar-refractivity contribution in [3.63, 3.8) is 0 Å². The first kappa shape index (κ1) is 24.9. The van der Waals surface area contributed by atoms with Crippen molar-refractivity contribution in [3.8, 4) is 11.5 Å². The summed E-state index contributed by atoms with van der Waals surface area (Å²) in [6.07, 6.45) is 0.500. The summed E-state index contributed by atoms with van der Waals surface area (Å²) in [5.74, 6) is -0.198. The molecule has 0 spiro atoms. The predicted molar refractivity (Wildman–Crippen MR) is 136 cm³/mol. The van der Waals surface area contributed by atoms with E-state index < -0.39 is 24.5 Å². The fraction of sp³-hybridized carbons (Fsp3) is 0.231. The molecule has 10 heteroatoms. The number of benzene rings is 2. The minimum absolute atomic E-state index is 0.215. The Hall–Kier alpha value is -4.18. The molecule has 0 unspecified atom stereocenters. The third kappa shape index (κ3) is 5.55. The lowest BCUT2D eigenvalue weighted by Crippen LogP contribution is -2.31. The minimum Gasteiger partial charge on any atom is -0.493 e. The number of carbonyl (C=O) groups excluding carboxylic acids is 3. The van der Waals surface area contributed by atoms with Gasteiger partial charge in [-0.25, -0.2) is 9.80 Å². The molecule has 1 aromatic heterocycles. The van der Waals surface area contributed by atoms with Gasteiger partial charge in [0.25, 0.3) is 5.91 Å². The van der Waals surface area contributed by atoms with Crippen molar-refractivity contribution >= 4 is 40.5 Å². The fourth-order valence-corrected chi connectivity index (χ4v) is 4.54. The molecular formula is C26H25N3O6S. The van der Waals surface area contributed by atoms with Crippen molar-refractivity contribution in [1.29, 1.82) is 0 Å². The summed E-state index contributed by atoms with van der Waals surface area (Å²) in [7, 11) is 3.11. The highest BCUT2D eigenvalue weighted by Crippen LogP contribution is 2.37. The van der Waals surface area contributed by atoms with E-state index in [1.54, 1.807) is 43.8 Å². The predicted octanol–water partition coefficient (Wildman–Crippen LogP) is 4.26. The van der Waals surface area contributed by atoms with Crippen molar-refractivity contribution in [1.82, 2.24) is 5.01 Å². The Morgan fingerprint density at radius 2 is 1.81 bits per heavy atom. The molecule has 2 aromatic carbocycles. The van der Waals surface area contributed by atoms with Crippen molar-refractivity contribution in [2.45, 2.75) is 19.4 Å². The highest BCUT2D eigenvalue weighted by Gasteiger charge is 2.34. The van der Waals surface area contributed by atoms with Crippen LogP contribution in [0.25, 0.3) is 0 Å². The summed E-state index contributed by atoms with van der Waals surface area (Å²) in [6.45, 7) is 0.922. The molecule has 0 radical (unpaired) electrons. The molecule has 0 fully saturated rings. The summed E-state index contributed by atoms with van der Waals surface area (Å²) in [6, 6.07) is 15.2. The second-order valence-corrected chi connectivity index (χ2v) is 8.88. The lowest BCUT2D eigenvalue weighted by molar-refractivity contribution is -0.136. The van der Waals surface area contributed by atoms with Gasteiger partial charge in [0.1, 0.15) is 0 Å². The molecule has 1 aliphatic heterocycles. The normalized spacial score (nSPS) is 14.7. The molecule has 0 saturated carbocycles. The van der Waals surface area contributed by atoms with E-state index in [0.29, 0.717) is 23.6 Å². The number of carbonyl (C=O) groups is 3. The van der Waals surface area contributed by atoms with Crippen LogP contribution in [0.15, 0.2) is 65.1 Å². The lowest BCUT2D eigenvalue weighted by Gasteiger charge is -2.22. The number of nitrogens with zero attached hydrogens (tertiary/aromatic N) is 2. The fourth-order valence-electron chi connectivity index (χ4n) is 3.82. The van der Waals surface area contributed by atoms with Gasteiger partial charge in [0.2, 0.25) is 5.91 Å². The first-order chi connectivity index (χ1) is 17.4.